The minimum Gasteiger partial charge on any atom is -0.481 e. The number of carbonyl (C=O) groups is 1. The van der Waals surface area contributed by atoms with E-state index in [-0.39, 0.29) is 11.6 Å². The summed E-state index contributed by atoms with van der Waals surface area (Å²) in [6.07, 6.45) is 17.3. The SMILES string of the molecule is CCC(CCCCCCCCCCCCn1ccn(C)c1=O)C(=O)O. The first-order valence-electron chi connectivity index (χ1n) is 10.0. The number of unbranched alkanes of at least 4 members (excludes halogenated alkanes) is 9. The van der Waals surface area contributed by atoms with E-state index >= 15 is 0 Å². The van der Waals surface area contributed by atoms with Gasteiger partial charge in [-0.3, -0.25) is 9.36 Å². The van der Waals surface area contributed by atoms with Gasteiger partial charge >= 0.3 is 11.7 Å². The van der Waals surface area contributed by atoms with Crippen molar-refractivity contribution in [2.45, 2.75) is 90.5 Å². The first kappa shape index (κ1) is 21.5. The molecule has 0 saturated heterocycles. The predicted molar refractivity (Wildman–Crippen MR) is 102 cm³/mol. The highest BCUT2D eigenvalue weighted by Gasteiger charge is 2.13. The fraction of sp³-hybridized carbons (Fsp3) is 0.800. The fourth-order valence-electron chi connectivity index (χ4n) is 3.27. The maximum absolute atomic E-state index is 11.7. The van der Waals surface area contributed by atoms with Crippen LogP contribution in [0.3, 0.4) is 0 Å². The quantitative estimate of drug-likeness (QED) is 0.470. The van der Waals surface area contributed by atoms with Gasteiger partial charge in [0.2, 0.25) is 0 Å². The van der Waals surface area contributed by atoms with Crippen LogP contribution in [0.15, 0.2) is 17.2 Å². The Bertz CT molecular complexity index is 533. The number of aromatic nitrogens is 2. The largest absolute Gasteiger partial charge is 0.481 e. The van der Waals surface area contributed by atoms with Crippen LogP contribution < -0.4 is 5.69 Å². The molecule has 25 heavy (non-hydrogen) atoms. The zero-order valence-corrected chi connectivity index (χ0v) is 16.1. The number of hydrogen-bond donors (Lipinski definition) is 1. The Morgan fingerprint density at radius 1 is 0.960 bits per heavy atom. The average molecular weight is 353 g/mol. The van der Waals surface area contributed by atoms with Crippen LogP contribution in [0.25, 0.3) is 0 Å². The number of carboxylic acid groups (broad SMARTS) is 1. The topological polar surface area (TPSA) is 64.2 Å². The van der Waals surface area contributed by atoms with E-state index in [1.807, 2.05) is 19.3 Å². The minimum absolute atomic E-state index is 0.0774. The molecule has 0 aliphatic heterocycles. The fourth-order valence-corrected chi connectivity index (χ4v) is 3.27. The number of nitrogens with zero attached hydrogens (tertiary/aromatic N) is 2. The van der Waals surface area contributed by atoms with Gasteiger partial charge in [-0.2, -0.15) is 0 Å². The van der Waals surface area contributed by atoms with Crippen molar-refractivity contribution in [1.82, 2.24) is 9.13 Å². The van der Waals surface area contributed by atoms with Crippen LogP contribution >= 0.6 is 0 Å². The van der Waals surface area contributed by atoms with Gasteiger partial charge in [-0.1, -0.05) is 64.7 Å². The van der Waals surface area contributed by atoms with Gasteiger partial charge in [-0.15, -0.1) is 0 Å². The molecule has 0 spiro atoms. The molecule has 0 radical (unpaired) electrons. The molecule has 0 bridgehead atoms. The molecule has 5 nitrogen and oxygen atoms in total. The minimum atomic E-state index is -0.639. The number of aliphatic carboxylic acids is 1. The second-order valence-electron chi connectivity index (χ2n) is 7.15. The smallest absolute Gasteiger partial charge is 0.327 e. The Labute approximate surface area is 152 Å². The molecule has 0 aliphatic carbocycles. The van der Waals surface area contributed by atoms with E-state index in [1.54, 1.807) is 16.2 Å². The standard InChI is InChI=1S/C20H36N2O3/c1-3-18(19(23)24)14-12-10-8-6-4-5-7-9-11-13-15-22-17-16-21(2)20(22)25/h16-18H,3-15H2,1-2H3,(H,23,24). The summed E-state index contributed by atoms with van der Waals surface area (Å²) < 4.78 is 3.40. The summed E-state index contributed by atoms with van der Waals surface area (Å²) in [6, 6.07) is 0. The van der Waals surface area contributed by atoms with Gasteiger partial charge in [-0.05, 0) is 19.3 Å². The molecule has 1 unspecified atom stereocenters. The van der Waals surface area contributed by atoms with Crippen molar-refractivity contribution in [3.8, 4) is 0 Å². The van der Waals surface area contributed by atoms with Crippen molar-refractivity contribution >= 4 is 5.97 Å². The van der Waals surface area contributed by atoms with E-state index in [1.165, 1.54) is 44.9 Å². The lowest BCUT2D eigenvalue weighted by Gasteiger charge is -2.08. The Hall–Kier alpha value is -1.52. The van der Waals surface area contributed by atoms with Gasteiger partial charge in [0.05, 0.1) is 5.92 Å². The van der Waals surface area contributed by atoms with Crippen molar-refractivity contribution in [2.24, 2.45) is 13.0 Å². The Kier molecular flexibility index (Phi) is 11.0. The predicted octanol–water partition coefficient (Wildman–Crippen LogP) is 4.59. The van der Waals surface area contributed by atoms with E-state index in [0.717, 1.165) is 38.6 Å². The molecule has 0 aliphatic rings. The zero-order chi connectivity index (χ0) is 18.5. The zero-order valence-electron chi connectivity index (χ0n) is 16.1. The third-order valence-corrected chi connectivity index (χ3v) is 5.06. The van der Waals surface area contributed by atoms with Crippen LogP contribution in [0.4, 0.5) is 0 Å². The second-order valence-corrected chi connectivity index (χ2v) is 7.15. The van der Waals surface area contributed by atoms with Gasteiger partial charge in [0.15, 0.2) is 0 Å². The van der Waals surface area contributed by atoms with Crippen molar-refractivity contribution in [3.05, 3.63) is 22.9 Å². The van der Waals surface area contributed by atoms with Crippen LogP contribution in [0.2, 0.25) is 0 Å². The molecular weight excluding hydrogens is 316 g/mol. The van der Waals surface area contributed by atoms with Gasteiger partial charge < -0.3 is 9.67 Å². The maximum Gasteiger partial charge on any atom is 0.327 e. The second kappa shape index (κ2) is 12.8. The molecule has 1 heterocycles. The molecule has 1 atom stereocenters. The van der Waals surface area contributed by atoms with Gasteiger partial charge in [0, 0.05) is 26.0 Å². The summed E-state index contributed by atoms with van der Waals surface area (Å²) in [5.74, 6) is -0.786. The Morgan fingerprint density at radius 2 is 1.48 bits per heavy atom. The molecule has 0 saturated carbocycles. The molecule has 1 aromatic rings. The average Bonchev–Trinajstić information content (AvgIpc) is 2.90. The van der Waals surface area contributed by atoms with Crippen LogP contribution in [0, 0.1) is 5.92 Å². The highest BCUT2D eigenvalue weighted by molar-refractivity contribution is 5.69. The van der Waals surface area contributed by atoms with E-state index in [4.69, 9.17) is 5.11 Å². The summed E-state index contributed by atoms with van der Waals surface area (Å²) >= 11 is 0. The van der Waals surface area contributed by atoms with E-state index in [9.17, 15) is 9.59 Å². The lowest BCUT2D eigenvalue weighted by atomic mass is 9.98. The molecule has 0 fully saturated rings. The van der Waals surface area contributed by atoms with Crippen LogP contribution in [-0.4, -0.2) is 20.2 Å². The third kappa shape index (κ3) is 8.94. The first-order chi connectivity index (χ1) is 12.1. The summed E-state index contributed by atoms with van der Waals surface area (Å²) in [5, 5.41) is 9.00. The molecular formula is C20H36N2O3. The van der Waals surface area contributed by atoms with Crippen LogP contribution in [-0.2, 0) is 18.4 Å². The highest BCUT2D eigenvalue weighted by Crippen LogP contribution is 2.16. The van der Waals surface area contributed by atoms with Crippen molar-refractivity contribution in [3.63, 3.8) is 0 Å². The van der Waals surface area contributed by atoms with Gasteiger partial charge in [0.1, 0.15) is 0 Å². The van der Waals surface area contributed by atoms with E-state index < -0.39 is 5.97 Å². The lowest BCUT2D eigenvalue weighted by molar-refractivity contribution is -0.142. The van der Waals surface area contributed by atoms with Gasteiger partial charge in [0.25, 0.3) is 0 Å². The number of hydrogen-bond acceptors (Lipinski definition) is 2. The van der Waals surface area contributed by atoms with Crippen LogP contribution in [0.5, 0.6) is 0 Å². The van der Waals surface area contributed by atoms with E-state index in [2.05, 4.69) is 0 Å². The molecule has 5 heteroatoms. The summed E-state index contributed by atoms with van der Waals surface area (Å²) in [7, 11) is 1.78. The lowest BCUT2D eigenvalue weighted by Crippen LogP contribution is -2.21. The summed E-state index contributed by atoms with van der Waals surface area (Å²) in [6.45, 7) is 2.78. The molecule has 1 rings (SSSR count). The summed E-state index contributed by atoms with van der Waals surface area (Å²) in [4.78, 5) is 22.6. The number of carboxylic acids is 1. The van der Waals surface area contributed by atoms with Gasteiger partial charge in [-0.25, -0.2) is 4.79 Å². The number of imidazole rings is 1. The highest BCUT2D eigenvalue weighted by atomic mass is 16.4. The van der Waals surface area contributed by atoms with Crippen molar-refractivity contribution in [2.75, 3.05) is 0 Å². The Morgan fingerprint density at radius 3 is 1.92 bits per heavy atom. The normalized spacial score (nSPS) is 12.4. The molecule has 1 N–H and O–H groups in total. The molecule has 0 amide bonds. The molecule has 144 valence electrons. The maximum atomic E-state index is 11.7. The third-order valence-electron chi connectivity index (χ3n) is 5.06. The summed E-state index contributed by atoms with van der Waals surface area (Å²) in [5.41, 5.74) is 0.0774. The van der Waals surface area contributed by atoms with Crippen LogP contribution in [0.1, 0.15) is 84.0 Å². The van der Waals surface area contributed by atoms with Crippen molar-refractivity contribution in [1.29, 1.82) is 0 Å². The number of rotatable bonds is 15. The number of aryl methyl sites for hydroxylation is 2. The molecule has 0 aromatic carbocycles. The Balaban J connectivity index is 1.87. The monoisotopic (exact) mass is 352 g/mol. The van der Waals surface area contributed by atoms with E-state index in [0.29, 0.717) is 0 Å². The first-order valence-corrected chi connectivity index (χ1v) is 10.0. The van der Waals surface area contributed by atoms with Crippen molar-refractivity contribution < 1.29 is 9.90 Å². The molecule has 1 aromatic heterocycles.